The minimum absolute atomic E-state index is 0.353. The molecule has 1 aromatic heterocycles. The Morgan fingerprint density at radius 3 is 3.12 bits per heavy atom. The lowest BCUT2D eigenvalue weighted by Gasteiger charge is -2.19. The first kappa shape index (κ1) is 11.1. The van der Waals surface area contributed by atoms with E-state index in [2.05, 4.69) is 4.98 Å². The van der Waals surface area contributed by atoms with Crippen LogP contribution < -0.4 is 0 Å². The highest BCUT2D eigenvalue weighted by atomic mass is 32.2. The first-order chi connectivity index (χ1) is 8.36. The predicted molar refractivity (Wildman–Crippen MR) is 72.2 cm³/mol. The molecule has 1 N–H and O–H groups in total. The molecule has 2 heterocycles. The van der Waals surface area contributed by atoms with Crippen LogP contribution in [0.1, 0.15) is 24.5 Å². The van der Waals surface area contributed by atoms with E-state index in [9.17, 15) is 5.11 Å². The van der Waals surface area contributed by atoms with Crippen molar-refractivity contribution in [3.05, 3.63) is 42.2 Å². The summed E-state index contributed by atoms with van der Waals surface area (Å²) in [5.74, 6) is 1.17. The van der Waals surface area contributed by atoms with Crippen molar-refractivity contribution in [1.29, 1.82) is 0 Å². The van der Waals surface area contributed by atoms with Crippen molar-refractivity contribution in [2.75, 3.05) is 5.75 Å². The third-order valence-electron chi connectivity index (χ3n) is 3.35. The first-order valence-corrected chi connectivity index (χ1v) is 7.03. The van der Waals surface area contributed by atoms with Crippen LogP contribution in [0, 0.1) is 0 Å². The average Bonchev–Trinajstić information content (AvgIpc) is 2.91. The molecule has 1 aliphatic heterocycles. The number of pyridine rings is 1. The van der Waals surface area contributed by atoms with Gasteiger partial charge in [-0.2, -0.15) is 11.8 Å². The van der Waals surface area contributed by atoms with Crippen molar-refractivity contribution < 1.29 is 5.11 Å². The maximum Gasteiger partial charge on any atom is 0.0914 e. The molecule has 1 fully saturated rings. The normalized spacial score (nSPS) is 21.8. The molecule has 3 rings (SSSR count). The number of nitrogens with zero attached hydrogens (tertiary/aromatic N) is 1. The highest BCUT2D eigenvalue weighted by Crippen LogP contribution is 2.37. The zero-order chi connectivity index (χ0) is 11.7. The summed E-state index contributed by atoms with van der Waals surface area (Å²) in [5, 5.41) is 13.1. The Labute approximate surface area is 105 Å². The van der Waals surface area contributed by atoms with Gasteiger partial charge in [0.2, 0.25) is 0 Å². The number of aromatic nitrogens is 1. The summed E-state index contributed by atoms with van der Waals surface area (Å²) in [7, 11) is 0. The fourth-order valence-corrected chi connectivity index (χ4v) is 3.76. The Morgan fingerprint density at radius 2 is 2.29 bits per heavy atom. The number of aliphatic hydroxyl groups is 1. The van der Waals surface area contributed by atoms with Gasteiger partial charge in [0.25, 0.3) is 0 Å². The predicted octanol–water partition coefficient (Wildman–Crippen LogP) is 3.16. The van der Waals surface area contributed by atoms with E-state index in [1.54, 1.807) is 6.20 Å². The molecular formula is C14H15NOS. The maximum absolute atomic E-state index is 10.5. The lowest BCUT2D eigenvalue weighted by atomic mass is 9.98. The van der Waals surface area contributed by atoms with Crippen molar-refractivity contribution in [2.45, 2.75) is 24.2 Å². The van der Waals surface area contributed by atoms with Crippen LogP contribution in [0.3, 0.4) is 0 Å². The van der Waals surface area contributed by atoms with Crippen LogP contribution in [0.25, 0.3) is 10.8 Å². The second kappa shape index (κ2) is 4.67. The van der Waals surface area contributed by atoms with E-state index in [-0.39, 0.29) is 6.10 Å². The van der Waals surface area contributed by atoms with E-state index in [0.29, 0.717) is 5.25 Å². The minimum Gasteiger partial charge on any atom is -0.387 e. The molecule has 0 bridgehead atoms. The van der Waals surface area contributed by atoms with E-state index in [4.69, 9.17) is 0 Å². The molecule has 0 saturated carbocycles. The topological polar surface area (TPSA) is 33.1 Å². The van der Waals surface area contributed by atoms with E-state index < -0.39 is 0 Å². The molecule has 0 spiro atoms. The second-order valence-corrected chi connectivity index (χ2v) is 5.79. The molecule has 3 heteroatoms. The summed E-state index contributed by atoms with van der Waals surface area (Å²) >= 11 is 1.89. The van der Waals surface area contributed by atoms with Gasteiger partial charge < -0.3 is 5.11 Å². The van der Waals surface area contributed by atoms with Crippen LogP contribution in [-0.2, 0) is 0 Å². The van der Waals surface area contributed by atoms with Gasteiger partial charge in [0, 0.05) is 23.0 Å². The number of fused-ring (bicyclic) bond motifs is 1. The molecule has 0 radical (unpaired) electrons. The van der Waals surface area contributed by atoms with E-state index >= 15 is 0 Å². The zero-order valence-corrected chi connectivity index (χ0v) is 10.4. The number of aliphatic hydroxyl groups excluding tert-OH is 1. The van der Waals surface area contributed by atoms with Crippen LogP contribution in [-0.4, -0.2) is 21.1 Å². The third-order valence-corrected chi connectivity index (χ3v) is 4.80. The summed E-state index contributed by atoms with van der Waals surface area (Å²) in [6, 6.07) is 8.07. The molecule has 2 nitrogen and oxygen atoms in total. The number of hydrogen-bond donors (Lipinski definition) is 1. The molecule has 2 unspecified atom stereocenters. The molecular weight excluding hydrogens is 230 g/mol. The fraction of sp³-hybridized carbons (Fsp3) is 0.357. The van der Waals surface area contributed by atoms with Crippen LogP contribution >= 0.6 is 11.8 Å². The summed E-state index contributed by atoms with van der Waals surface area (Å²) in [5.41, 5.74) is 1.05. The zero-order valence-electron chi connectivity index (χ0n) is 9.54. The minimum atomic E-state index is -0.353. The van der Waals surface area contributed by atoms with Gasteiger partial charge in [0.1, 0.15) is 0 Å². The van der Waals surface area contributed by atoms with Gasteiger partial charge >= 0.3 is 0 Å². The number of thioether (sulfide) groups is 1. The second-order valence-electron chi connectivity index (χ2n) is 4.44. The van der Waals surface area contributed by atoms with E-state index in [1.807, 2.05) is 42.2 Å². The largest absolute Gasteiger partial charge is 0.387 e. The lowest BCUT2D eigenvalue weighted by molar-refractivity contribution is 0.174. The Morgan fingerprint density at radius 1 is 1.35 bits per heavy atom. The molecule has 1 aliphatic rings. The fourth-order valence-electron chi connectivity index (χ4n) is 2.46. The molecule has 0 aliphatic carbocycles. The van der Waals surface area contributed by atoms with Crippen molar-refractivity contribution in [3.8, 4) is 0 Å². The Bertz CT molecular complexity index is 517. The molecule has 1 aromatic carbocycles. The summed E-state index contributed by atoms with van der Waals surface area (Å²) < 4.78 is 0. The summed E-state index contributed by atoms with van der Waals surface area (Å²) in [4.78, 5) is 4.12. The van der Waals surface area contributed by atoms with Gasteiger partial charge in [0.15, 0.2) is 0 Å². The van der Waals surface area contributed by atoms with Crippen LogP contribution in [0.15, 0.2) is 36.7 Å². The highest BCUT2D eigenvalue weighted by molar-refractivity contribution is 8.00. The molecule has 2 atom stereocenters. The smallest absolute Gasteiger partial charge is 0.0914 e. The Kier molecular flexibility index (Phi) is 3.04. The lowest BCUT2D eigenvalue weighted by Crippen LogP contribution is -2.12. The number of benzene rings is 1. The molecule has 2 aromatic rings. The third kappa shape index (κ3) is 2.05. The van der Waals surface area contributed by atoms with Gasteiger partial charge in [-0.1, -0.05) is 18.2 Å². The summed E-state index contributed by atoms with van der Waals surface area (Å²) in [6.45, 7) is 0. The van der Waals surface area contributed by atoms with E-state index in [0.717, 1.165) is 22.8 Å². The van der Waals surface area contributed by atoms with Gasteiger partial charge in [-0.25, -0.2) is 0 Å². The number of hydrogen-bond acceptors (Lipinski definition) is 3. The first-order valence-electron chi connectivity index (χ1n) is 5.98. The van der Waals surface area contributed by atoms with Crippen LogP contribution in [0.2, 0.25) is 0 Å². The Balaban J connectivity index is 2.04. The number of rotatable bonds is 2. The summed E-state index contributed by atoms with van der Waals surface area (Å²) in [6.07, 6.45) is 5.63. The molecule has 17 heavy (non-hydrogen) atoms. The quantitative estimate of drug-likeness (QED) is 0.882. The monoisotopic (exact) mass is 245 g/mol. The SMILES string of the molecule is OC(c1cccc2cnccc12)C1CCCS1. The standard InChI is InChI=1S/C14H15NOS/c16-14(13-5-2-8-17-13)12-4-1-3-10-9-15-7-6-11(10)12/h1,3-4,6-7,9,13-14,16H,2,5,8H2. The van der Waals surface area contributed by atoms with Gasteiger partial charge in [-0.15, -0.1) is 0 Å². The maximum atomic E-state index is 10.5. The van der Waals surface area contributed by atoms with Gasteiger partial charge in [-0.3, -0.25) is 4.98 Å². The van der Waals surface area contributed by atoms with Crippen molar-refractivity contribution in [3.63, 3.8) is 0 Å². The van der Waals surface area contributed by atoms with Crippen LogP contribution in [0.4, 0.5) is 0 Å². The van der Waals surface area contributed by atoms with Crippen molar-refractivity contribution >= 4 is 22.5 Å². The van der Waals surface area contributed by atoms with Gasteiger partial charge in [-0.05, 0) is 35.6 Å². The van der Waals surface area contributed by atoms with Crippen LogP contribution in [0.5, 0.6) is 0 Å². The van der Waals surface area contributed by atoms with Crippen molar-refractivity contribution in [1.82, 2.24) is 4.98 Å². The van der Waals surface area contributed by atoms with Crippen molar-refractivity contribution in [2.24, 2.45) is 0 Å². The van der Waals surface area contributed by atoms with Gasteiger partial charge in [0.05, 0.1) is 6.10 Å². The molecule has 1 saturated heterocycles. The Hall–Kier alpha value is -1.06. The van der Waals surface area contributed by atoms with E-state index in [1.165, 1.54) is 12.2 Å². The molecule has 88 valence electrons. The average molecular weight is 245 g/mol. The highest BCUT2D eigenvalue weighted by Gasteiger charge is 2.26. The molecule has 0 amide bonds.